The van der Waals surface area contributed by atoms with E-state index < -0.39 is 0 Å². The Morgan fingerprint density at radius 1 is 1.62 bits per heavy atom. The van der Waals surface area contributed by atoms with Gasteiger partial charge in [-0.25, -0.2) is 0 Å². The van der Waals surface area contributed by atoms with Crippen molar-refractivity contribution in [3.8, 4) is 0 Å². The van der Waals surface area contributed by atoms with Gasteiger partial charge in [0.2, 0.25) is 0 Å². The summed E-state index contributed by atoms with van der Waals surface area (Å²) in [7, 11) is 1.66. The number of methoxy groups -OCH3 is 1. The van der Waals surface area contributed by atoms with Crippen molar-refractivity contribution in [2.45, 2.75) is 26.9 Å². The van der Waals surface area contributed by atoms with Gasteiger partial charge in [0.15, 0.2) is 0 Å². The van der Waals surface area contributed by atoms with E-state index in [1.54, 1.807) is 18.6 Å². The number of carbonyl (C=O) groups is 1. The molecule has 0 fully saturated rings. The van der Waals surface area contributed by atoms with Crippen LogP contribution in [0.15, 0.2) is 11.4 Å². The fourth-order valence-electron chi connectivity index (χ4n) is 1.35. The van der Waals surface area contributed by atoms with Gasteiger partial charge in [-0.15, -0.1) is 0 Å². The maximum atomic E-state index is 11.6. The Balaban J connectivity index is 2.48. The minimum Gasteiger partial charge on any atom is -0.379 e. The Hall–Kier alpha value is -0.940. The van der Waals surface area contributed by atoms with Crippen molar-refractivity contribution in [3.63, 3.8) is 0 Å². The largest absolute Gasteiger partial charge is 0.379 e. The lowest BCUT2D eigenvalue weighted by molar-refractivity contribution is 0.0175. The average Bonchev–Trinajstić information content (AvgIpc) is 2.68. The van der Waals surface area contributed by atoms with Crippen molar-refractivity contribution in [2.75, 3.05) is 13.7 Å². The van der Waals surface area contributed by atoms with E-state index in [0.29, 0.717) is 12.2 Å². The van der Waals surface area contributed by atoms with Crippen LogP contribution in [0.25, 0.3) is 0 Å². The molecule has 0 aliphatic rings. The first-order valence-electron chi connectivity index (χ1n) is 5.16. The van der Waals surface area contributed by atoms with Gasteiger partial charge in [0.25, 0.3) is 5.91 Å². The fourth-order valence-corrected chi connectivity index (χ4v) is 1.86. The average molecular weight is 242 g/mol. The summed E-state index contributed by atoms with van der Waals surface area (Å²) in [4.78, 5) is 11.6. The number of ether oxygens (including phenoxy) is 1. The van der Waals surface area contributed by atoms with Crippen LogP contribution >= 0.6 is 11.5 Å². The third-order valence-corrected chi connectivity index (χ3v) is 2.93. The van der Waals surface area contributed by atoms with Crippen molar-refractivity contribution in [3.05, 3.63) is 17.1 Å². The highest BCUT2D eigenvalue weighted by molar-refractivity contribution is 7.03. The lowest BCUT2D eigenvalue weighted by Crippen LogP contribution is -2.40. The Bertz CT molecular complexity index is 330. The summed E-state index contributed by atoms with van der Waals surface area (Å²) < 4.78 is 9.32. The Kier molecular flexibility index (Phi) is 4.44. The molecule has 5 heteroatoms. The molecule has 1 aromatic heterocycles. The molecule has 90 valence electrons. The van der Waals surface area contributed by atoms with Crippen molar-refractivity contribution in [1.29, 1.82) is 0 Å². The summed E-state index contributed by atoms with van der Waals surface area (Å²) in [5.74, 6) is -0.146. The first kappa shape index (κ1) is 13.1. The molecule has 1 N–H and O–H groups in total. The van der Waals surface area contributed by atoms with Crippen LogP contribution in [0, 0.1) is 5.41 Å². The van der Waals surface area contributed by atoms with Gasteiger partial charge < -0.3 is 10.1 Å². The lowest BCUT2D eigenvalue weighted by atomic mass is 9.89. The van der Waals surface area contributed by atoms with Crippen LogP contribution in [0.1, 0.15) is 31.3 Å². The highest BCUT2D eigenvalue weighted by Crippen LogP contribution is 2.21. The van der Waals surface area contributed by atoms with Gasteiger partial charge in [-0.05, 0) is 23.0 Å². The van der Waals surface area contributed by atoms with Crippen LogP contribution in [0.2, 0.25) is 0 Å². The Labute approximate surface area is 100 Å². The van der Waals surface area contributed by atoms with E-state index in [2.05, 4.69) is 30.5 Å². The molecule has 16 heavy (non-hydrogen) atoms. The topological polar surface area (TPSA) is 51.2 Å². The van der Waals surface area contributed by atoms with Crippen LogP contribution in [0.3, 0.4) is 0 Å². The number of rotatable bonds is 4. The molecular formula is C11H18N2O2S. The van der Waals surface area contributed by atoms with Crippen LogP contribution < -0.4 is 5.32 Å². The van der Waals surface area contributed by atoms with E-state index in [0.717, 1.165) is 0 Å². The monoisotopic (exact) mass is 242 g/mol. The summed E-state index contributed by atoms with van der Waals surface area (Å²) in [5.41, 5.74) is 0.471. The molecule has 1 amide bonds. The van der Waals surface area contributed by atoms with E-state index in [1.165, 1.54) is 11.5 Å². The number of aromatic nitrogens is 1. The summed E-state index contributed by atoms with van der Waals surface area (Å²) in [6.45, 7) is 6.73. The molecule has 4 nitrogen and oxygen atoms in total. The van der Waals surface area contributed by atoms with Gasteiger partial charge in [-0.1, -0.05) is 20.8 Å². The smallest absolute Gasteiger partial charge is 0.271 e. The van der Waals surface area contributed by atoms with E-state index in [-0.39, 0.29) is 17.4 Å². The van der Waals surface area contributed by atoms with Crippen LogP contribution in [0.4, 0.5) is 0 Å². The summed E-state index contributed by atoms with van der Waals surface area (Å²) in [6.07, 6.45) is -0.00455. The van der Waals surface area contributed by atoms with E-state index in [4.69, 9.17) is 4.74 Å². The summed E-state index contributed by atoms with van der Waals surface area (Å²) >= 11 is 1.27. The maximum Gasteiger partial charge on any atom is 0.271 e. The highest BCUT2D eigenvalue weighted by atomic mass is 32.1. The maximum absolute atomic E-state index is 11.6. The van der Waals surface area contributed by atoms with Gasteiger partial charge in [0, 0.05) is 19.0 Å². The molecule has 0 bridgehead atoms. The number of carbonyl (C=O) groups excluding carboxylic acids is 1. The molecule has 0 aliphatic carbocycles. The van der Waals surface area contributed by atoms with Gasteiger partial charge in [0.05, 0.1) is 6.10 Å². The molecule has 0 radical (unpaired) electrons. The number of hydrogen-bond donors (Lipinski definition) is 1. The molecule has 1 aromatic rings. The normalized spacial score (nSPS) is 13.5. The number of nitrogens with one attached hydrogen (secondary N) is 1. The van der Waals surface area contributed by atoms with E-state index >= 15 is 0 Å². The number of hydrogen-bond acceptors (Lipinski definition) is 4. The van der Waals surface area contributed by atoms with Gasteiger partial charge in [-0.3, -0.25) is 4.79 Å². The number of nitrogens with zero attached hydrogens (tertiary/aromatic N) is 1. The zero-order chi connectivity index (χ0) is 12.2. The molecule has 1 unspecified atom stereocenters. The molecule has 0 saturated carbocycles. The molecule has 0 aliphatic heterocycles. The summed E-state index contributed by atoms with van der Waals surface area (Å²) in [5, 5.41) is 4.61. The minimum absolute atomic E-state index is 0.00407. The minimum atomic E-state index is -0.146. The molecular weight excluding hydrogens is 224 g/mol. The lowest BCUT2D eigenvalue weighted by Gasteiger charge is -2.29. The first-order chi connectivity index (χ1) is 7.45. The van der Waals surface area contributed by atoms with Crippen LogP contribution in [-0.2, 0) is 4.74 Å². The second kappa shape index (κ2) is 5.41. The molecule has 1 heterocycles. The van der Waals surface area contributed by atoms with E-state index in [1.807, 2.05) is 0 Å². The van der Waals surface area contributed by atoms with Gasteiger partial charge in [0.1, 0.15) is 5.69 Å². The van der Waals surface area contributed by atoms with Gasteiger partial charge in [-0.2, -0.15) is 4.37 Å². The SMILES string of the molecule is COC(CNC(=O)c1ccsn1)C(C)(C)C. The number of amides is 1. The second-order valence-electron chi connectivity index (χ2n) is 4.69. The first-order valence-corrected chi connectivity index (χ1v) is 6.00. The fraction of sp³-hybridized carbons (Fsp3) is 0.636. The predicted octanol–water partition coefficient (Wildman–Crippen LogP) is 1.93. The predicted molar refractivity (Wildman–Crippen MR) is 64.7 cm³/mol. The highest BCUT2D eigenvalue weighted by Gasteiger charge is 2.24. The van der Waals surface area contributed by atoms with Crippen LogP contribution in [-0.4, -0.2) is 30.0 Å². The Morgan fingerprint density at radius 2 is 2.31 bits per heavy atom. The zero-order valence-corrected chi connectivity index (χ0v) is 10.9. The third kappa shape index (κ3) is 3.57. The van der Waals surface area contributed by atoms with Crippen molar-refractivity contribution in [2.24, 2.45) is 5.41 Å². The van der Waals surface area contributed by atoms with Gasteiger partial charge >= 0.3 is 0 Å². The summed E-state index contributed by atoms with van der Waals surface area (Å²) in [6, 6.07) is 1.71. The van der Waals surface area contributed by atoms with Crippen LogP contribution in [0.5, 0.6) is 0 Å². The quantitative estimate of drug-likeness (QED) is 0.877. The third-order valence-electron chi connectivity index (χ3n) is 2.37. The molecule has 0 saturated heterocycles. The standard InChI is InChI=1S/C11H18N2O2S/c1-11(2,3)9(15-4)7-12-10(14)8-5-6-16-13-8/h5-6,9H,7H2,1-4H3,(H,12,14). The van der Waals surface area contributed by atoms with Crippen molar-refractivity contribution >= 4 is 17.4 Å². The van der Waals surface area contributed by atoms with E-state index in [9.17, 15) is 4.79 Å². The van der Waals surface area contributed by atoms with Crippen molar-refractivity contribution in [1.82, 2.24) is 9.69 Å². The molecule has 0 spiro atoms. The second-order valence-corrected chi connectivity index (χ2v) is 5.35. The Morgan fingerprint density at radius 3 is 2.75 bits per heavy atom. The zero-order valence-electron chi connectivity index (χ0n) is 10.1. The molecule has 0 aromatic carbocycles. The molecule has 1 rings (SSSR count). The molecule has 1 atom stereocenters. The van der Waals surface area contributed by atoms with Crippen molar-refractivity contribution < 1.29 is 9.53 Å².